The Hall–Kier alpha value is -3.40. The number of hydrogen-bond acceptors (Lipinski definition) is 3. The summed E-state index contributed by atoms with van der Waals surface area (Å²) in [4.78, 5) is 13.1. The third kappa shape index (κ3) is 4.38. The molecular formula is C25H17F2NO2S. The molecule has 6 heteroatoms. The lowest BCUT2D eigenvalue weighted by atomic mass is 10.0. The maximum absolute atomic E-state index is 13.5. The van der Waals surface area contributed by atoms with Gasteiger partial charge in [0, 0.05) is 18.1 Å². The zero-order valence-corrected chi connectivity index (χ0v) is 17.4. The molecule has 3 aromatic rings. The Kier molecular flexibility index (Phi) is 5.90. The van der Waals surface area contributed by atoms with E-state index in [0.29, 0.717) is 23.2 Å². The summed E-state index contributed by atoms with van der Waals surface area (Å²) in [6.45, 7) is 0. The number of rotatable bonds is 2. The van der Waals surface area contributed by atoms with Gasteiger partial charge in [-0.1, -0.05) is 48.2 Å². The van der Waals surface area contributed by atoms with E-state index in [4.69, 9.17) is 0 Å². The van der Waals surface area contributed by atoms with Gasteiger partial charge in [-0.25, -0.2) is 8.78 Å². The van der Waals surface area contributed by atoms with Crippen molar-refractivity contribution in [3.8, 4) is 11.8 Å². The van der Waals surface area contributed by atoms with Crippen molar-refractivity contribution in [3.63, 3.8) is 0 Å². The fraction of sp³-hybridized carbons (Fsp3) is 0.0800. The van der Waals surface area contributed by atoms with Gasteiger partial charge < -0.3 is 4.55 Å². The van der Waals surface area contributed by atoms with Crippen LogP contribution in [0.2, 0.25) is 0 Å². The standard InChI is InChI=1S/C25H17F2NO2S/c1-28-23-13-11-18(9-5-8-17-6-3-2-4-7-17)14-20(23)25(29)24(31(28)30)16-19-10-12-21(26)22(27)15-19/h2-4,6-7,10-16H,8H2,1H3/b24-16-. The lowest BCUT2D eigenvalue weighted by molar-refractivity contribution is 0.104. The molecule has 0 saturated heterocycles. The van der Waals surface area contributed by atoms with Crippen molar-refractivity contribution in [2.24, 2.45) is 0 Å². The first kappa shape index (κ1) is 20.9. The molecule has 1 heterocycles. The van der Waals surface area contributed by atoms with Gasteiger partial charge in [-0.2, -0.15) is 4.31 Å². The molecule has 4 rings (SSSR count). The van der Waals surface area contributed by atoms with Gasteiger partial charge in [0.15, 0.2) is 11.6 Å². The molecule has 0 aliphatic carbocycles. The molecule has 0 spiro atoms. The molecule has 0 radical (unpaired) electrons. The second-order valence-corrected chi connectivity index (χ2v) is 8.44. The summed E-state index contributed by atoms with van der Waals surface area (Å²) in [7, 11) is 1.61. The number of carbonyl (C=O) groups is 1. The molecule has 0 N–H and O–H groups in total. The smallest absolute Gasteiger partial charge is 0.245 e. The van der Waals surface area contributed by atoms with E-state index in [1.165, 1.54) is 16.4 Å². The zero-order valence-electron chi connectivity index (χ0n) is 16.6. The first-order valence-electron chi connectivity index (χ1n) is 9.48. The lowest BCUT2D eigenvalue weighted by Gasteiger charge is -2.29. The topological polar surface area (TPSA) is 43.4 Å². The molecule has 1 aliphatic rings. The van der Waals surface area contributed by atoms with Gasteiger partial charge in [0.25, 0.3) is 0 Å². The molecule has 3 aromatic carbocycles. The highest BCUT2D eigenvalue weighted by Crippen LogP contribution is 2.35. The molecular weight excluding hydrogens is 416 g/mol. The van der Waals surface area contributed by atoms with Crippen LogP contribution >= 0.6 is 0 Å². The third-order valence-corrected chi connectivity index (χ3v) is 6.22. The van der Waals surface area contributed by atoms with Crippen LogP contribution < -0.4 is 4.31 Å². The summed E-state index contributed by atoms with van der Waals surface area (Å²) in [5.41, 5.74) is 2.90. The van der Waals surface area contributed by atoms with E-state index in [2.05, 4.69) is 11.8 Å². The summed E-state index contributed by atoms with van der Waals surface area (Å²) in [6, 6.07) is 18.3. The fourth-order valence-electron chi connectivity index (χ4n) is 3.23. The average molecular weight is 433 g/mol. The van der Waals surface area contributed by atoms with Crippen LogP contribution in [0.1, 0.15) is 27.0 Å². The van der Waals surface area contributed by atoms with Gasteiger partial charge in [0.05, 0.1) is 18.3 Å². The van der Waals surface area contributed by atoms with Crippen molar-refractivity contribution < 1.29 is 18.1 Å². The van der Waals surface area contributed by atoms with Crippen molar-refractivity contribution >= 4 is 28.9 Å². The predicted molar refractivity (Wildman–Crippen MR) is 119 cm³/mol. The maximum Gasteiger partial charge on any atom is 0.245 e. The SMILES string of the molecule is CN1c2ccc(C#CCc3ccccc3)cc2C(=O)/C(=C/c2ccc(F)c(F)c2)[S+]1[O-]. The fourth-order valence-corrected chi connectivity index (χ4v) is 4.37. The highest BCUT2D eigenvalue weighted by molar-refractivity contribution is 7.97. The van der Waals surface area contributed by atoms with Crippen LogP contribution in [0.3, 0.4) is 0 Å². The molecule has 1 unspecified atom stereocenters. The summed E-state index contributed by atoms with van der Waals surface area (Å²) >= 11 is -1.77. The van der Waals surface area contributed by atoms with Gasteiger partial charge in [0.2, 0.25) is 10.7 Å². The molecule has 31 heavy (non-hydrogen) atoms. The van der Waals surface area contributed by atoms with Crippen molar-refractivity contribution in [2.45, 2.75) is 6.42 Å². The zero-order chi connectivity index (χ0) is 22.0. The Balaban J connectivity index is 1.66. The Morgan fingerprint density at radius 2 is 1.81 bits per heavy atom. The van der Waals surface area contributed by atoms with Crippen LogP contribution in [0, 0.1) is 23.5 Å². The van der Waals surface area contributed by atoms with Crippen molar-refractivity contribution in [1.82, 2.24) is 0 Å². The second kappa shape index (κ2) is 8.76. The summed E-state index contributed by atoms with van der Waals surface area (Å²) in [6.07, 6.45) is 1.91. The summed E-state index contributed by atoms with van der Waals surface area (Å²) in [5.74, 6) is 3.71. The highest BCUT2D eigenvalue weighted by Gasteiger charge is 2.38. The first-order valence-corrected chi connectivity index (χ1v) is 10.6. The van der Waals surface area contributed by atoms with Crippen LogP contribution in [-0.2, 0) is 17.8 Å². The van der Waals surface area contributed by atoms with Crippen LogP contribution in [0.5, 0.6) is 0 Å². The molecule has 3 nitrogen and oxygen atoms in total. The van der Waals surface area contributed by atoms with Crippen molar-refractivity contribution in [3.05, 3.63) is 106 Å². The molecule has 154 valence electrons. The molecule has 0 saturated carbocycles. The minimum atomic E-state index is -1.77. The quantitative estimate of drug-likeness (QED) is 0.328. The van der Waals surface area contributed by atoms with Gasteiger partial charge in [-0.15, -0.1) is 0 Å². The molecule has 1 aliphatic heterocycles. The van der Waals surface area contributed by atoms with E-state index < -0.39 is 28.8 Å². The second-order valence-electron chi connectivity index (χ2n) is 6.95. The molecule has 0 bridgehead atoms. The van der Waals surface area contributed by atoms with E-state index in [0.717, 1.165) is 17.7 Å². The van der Waals surface area contributed by atoms with Crippen molar-refractivity contribution in [2.75, 3.05) is 11.4 Å². The van der Waals surface area contributed by atoms with Gasteiger partial charge in [-0.3, -0.25) is 4.79 Å². The maximum atomic E-state index is 13.5. The van der Waals surface area contributed by atoms with Crippen LogP contribution in [0.4, 0.5) is 14.5 Å². The minimum Gasteiger partial charge on any atom is -0.588 e. The molecule has 1 atom stereocenters. The number of allylic oxidation sites excluding steroid dienone is 1. The van der Waals surface area contributed by atoms with E-state index >= 15 is 0 Å². The largest absolute Gasteiger partial charge is 0.588 e. The summed E-state index contributed by atoms with van der Waals surface area (Å²) in [5, 5.41) is 0. The number of fused-ring (bicyclic) bond motifs is 1. The van der Waals surface area contributed by atoms with Gasteiger partial charge in [-0.05, 0) is 41.5 Å². The van der Waals surface area contributed by atoms with E-state index in [-0.39, 0.29) is 10.5 Å². The van der Waals surface area contributed by atoms with E-state index in [9.17, 15) is 18.1 Å². The average Bonchev–Trinajstić information content (AvgIpc) is 2.78. The number of carbonyl (C=O) groups excluding carboxylic acids is 1. The number of ketones is 1. The normalized spacial score (nSPS) is 16.6. The number of hydrogen-bond donors (Lipinski definition) is 0. The first-order chi connectivity index (χ1) is 14.9. The molecule has 0 fully saturated rings. The number of halogens is 2. The summed E-state index contributed by atoms with van der Waals surface area (Å²) < 4.78 is 41.0. The molecule has 0 amide bonds. The number of Topliss-reactive ketones (excluding diaryl/α,β-unsaturated/α-hetero) is 1. The van der Waals surface area contributed by atoms with Crippen LogP contribution in [-0.4, -0.2) is 17.4 Å². The van der Waals surface area contributed by atoms with Gasteiger partial charge in [0.1, 0.15) is 11.4 Å². The predicted octanol–water partition coefficient (Wildman–Crippen LogP) is 4.90. The van der Waals surface area contributed by atoms with Crippen molar-refractivity contribution in [1.29, 1.82) is 0 Å². The number of benzene rings is 3. The number of anilines is 1. The monoisotopic (exact) mass is 433 g/mol. The number of nitrogens with zero attached hydrogens (tertiary/aromatic N) is 1. The van der Waals surface area contributed by atoms with Gasteiger partial charge >= 0.3 is 0 Å². The Bertz CT molecular complexity index is 1250. The minimum absolute atomic E-state index is 0.00426. The third-order valence-electron chi connectivity index (χ3n) is 4.85. The Morgan fingerprint density at radius 3 is 2.55 bits per heavy atom. The van der Waals surface area contributed by atoms with E-state index in [1.807, 2.05) is 30.3 Å². The van der Waals surface area contributed by atoms with Crippen LogP contribution in [0.15, 0.2) is 71.6 Å². The van der Waals surface area contributed by atoms with E-state index in [1.54, 1.807) is 25.2 Å². The molecule has 0 aromatic heterocycles. The Labute approximate surface area is 182 Å². The van der Waals surface area contributed by atoms with Crippen LogP contribution in [0.25, 0.3) is 6.08 Å². The lowest BCUT2D eigenvalue weighted by Crippen LogP contribution is -2.36. The Morgan fingerprint density at radius 1 is 1.03 bits per heavy atom. The highest BCUT2D eigenvalue weighted by atomic mass is 32.2.